The van der Waals surface area contributed by atoms with E-state index in [1.165, 1.54) is 4.90 Å². The minimum Gasteiger partial charge on any atom is -0.395 e. The molecule has 0 aromatic heterocycles. The van der Waals surface area contributed by atoms with Gasteiger partial charge in [0.25, 0.3) is 0 Å². The van der Waals surface area contributed by atoms with E-state index in [0.29, 0.717) is 18.8 Å². The minimum atomic E-state index is -0.312. The number of aliphatic hydroxyl groups is 1. The molecule has 1 saturated heterocycles. The van der Waals surface area contributed by atoms with Gasteiger partial charge in [-0.3, -0.25) is 14.5 Å². The number of nitrogens with zero attached hydrogens (tertiary/aromatic N) is 1. The van der Waals surface area contributed by atoms with Crippen LogP contribution in [0.1, 0.15) is 65.7 Å². The molecule has 1 N–H and O–H groups in total. The van der Waals surface area contributed by atoms with Crippen LogP contribution in [0.5, 0.6) is 0 Å². The SMILES string of the molecule is CC(C)C(Cl)CCC(C)(Cl)CCCC1CC2C(=O)N(CCO)C(=O)C2CC1Cl. The lowest BCUT2D eigenvalue weighted by Crippen LogP contribution is -2.34. The van der Waals surface area contributed by atoms with E-state index in [4.69, 9.17) is 39.9 Å². The molecule has 7 heteroatoms. The van der Waals surface area contributed by atoms with E-state index >= 15 is 0 Å². The van der Waals surface area contributed by atoms with Gasteiger partial charge in [0.15, 0.2) is 0 Å². The summed E-state index contributed by atoms with van der Waals surface area (Å²) in [5.74, 6) is -0.225. The molecule has 2 rings (SSSR count). The summed E-state index contributed by atoms with van der Waals surface area (Å²) in [6.07, 6.45) is 5.73. The van der Waals surface area contributed by atoms with Crippen LogP contribution < -0.4 is 0 Å². The Morgan fingerprint density at radius 1 is 1.18 bits per heavy atom. The van der Waals surface area contributed by atoms with E-state index in [2.05, 4.69) is 20.8 Å². The first-order valence-electron chi connectivity index (χ1n) is 10.5. The number of rotatable bonds is 10. The molecule has 0 spiro atoms. The zero-order valence-electron chi connectivity index (χ0n) is 17.2. The van der Waals surface area contributed by atoms with Crippen molar-refractivity contribution in [3.8, 4) is 0 Å². The van der Waals surface area contributed by atoms with Crippen LogP contribution in [0.4, 0.5) is 0 Å². The predicted octanol–water partition coefficient (Wildman–Crippen LogP) is 4.81. The molecule has 28 heavy (non-hydrogen) atoms. The fourth-order valence-electron chi connectivity index (χ4n) is 4.54. The Morgan fingerprint density at radius 2 is 1.79 bits per heavy atom. The van der Waals surface area contributed by atoms with Crippen molar-refractivity contribution < 1.29 is 14.7 Å². The van der Waals surface area contributed by atoms with Gasteiger partial charge in [0.2, 0.25) is 11.8 Å². The summed E-state index contributed by atoms with van der Waals surface area (Å²) in [6.45, 7) is 6.21. The van der Waals surface area contributed by atoms with Gasteiger partial charge < -0.3 is 5.11 Å². The molecule has 0 radical (unpaired) electrons. The van der Waals surface area contributed by atoms with Crippen LogP contribution in [-0.2, 0) is 9.59 Å². The average Bonchev–Trinajstić information content (AvgIpc) is 2.84. The van der Waals surface area contributed by atoms with Crippen molar-refractivity contribution in [2.75, 3.05) is 13.2 Å². The number of halogens is 3. The van der Waals surface area contributed by atoms with Gasteiger partial charge in [-0.15, -0.1) is 34.8 Å². The fraction of sp³-hybridized carbons (Fsp3) is 0.905. The number of hydrogen-bond acceptors (Lipinski definition) is 3. The summed E-state index contributed by atoms with van der Waals surface area (Å²) in [7, 11) is 0. The second kappa shape index (κ2) is 10.3. The number of amides is 2. The third kappa shape index (κ3) is 6.00. The quantitative estimate of drug-likeness (QED) is 0.381. The van der Waals surface area contributed by atoms with Crippen LogP contribution >= 0.6 is 34.8 Å². The van der Waals surface area contributed by atoms with Crippen molar-refractivity contribution in [2.24, 2.45) is 23.7 Å². The van der Waals surface area contributed by atoms with Crippen molar-refractivity contribution in [3.63, 3.8) is 0 Å². The van der Waals surface area contributed by atoms with E-state index in [1.807, 2.05) is 0 Å². The summed E-state index contributed by atoms with van der Waals surface area (Å²) in [6, 6.07) is 0. The maximum Gasteiger partial charge on any atom is 0.233 e. The normalized spacial score (nSPS) is 31.2. The molecular formula is C21H34Cl3NO3. The predicted molar refractivity (Wildman–Crippen MR) is 115 cm³/mol. The molecule has 162 valence electrons. The Morgan fingerprint density at radius 3 is 2.36 bits per heavy atom. The van der Waals surface area contributed by atoms with Crippen LogP contribution in [0.3, 0.4) is 0 Å². The average molecular weight is 455 g/mol. The molecule has 1 aliphatic heterocycles. The van der Waals surface area contributed by atoms with Crippen LogP contribution in [-0.4, -0.2) is 50.6 Å². The van der Waals surface area contributed by atoms with Crippen molar-refractivity contribution in [1.82, 2.24) is 4.90 Å². The molecule has 2 amide bonds. The molecule has 0 aromatic rings. The number of fused-ring (bicyclic) bond motifs is 1. The number of likely N-dealkylation sites (tertiary alicyclic amines) is 1. The number of aliphatic hydroxyl groups excluding tert-OH is 1. The van der Waals surface area contributed by atoms with Gasteiger partial charge in [-0.1, -0.05) is 20.3 Å². The van der Waals surface area contributed by atoms with Gasteiger partial charge in [0.05, 0.1) is 25.0 Å². The summed E-state index contributed by atoms with van der Waals surface area (Å²) >= 11 is 19.6. The maximum absolute atomic E-state index is 12.5. The van der Waals surface area contributed by atoms with E-state index in [-0.39, 0.29) is 58.3 Å². The van der Waals surface area contributed by atoms with Crippen LogP contribution in [0, 0.1) is 23.7 Å². The topological polar surface area (TPSA) is 57.6 Å². The molecule has 1 aliphatic carbocycles. The molecule has 2 fully saturated rings. The summed E-state index contributed by atoms with van der Waals surface area (Å²) in [5, 5.41) is 9.16. The smallest absolute Gasteiger partial charge is 0.233 e. The Bertz CT molecular complexity index is 555. The number of imide groups is 1. The lowest BCUT2D eigenvalue weighted by Gasteiger charge is -2.33. The highest BCUT2D eigenvalue weighted by molar-refractivity contribution is 6.24. The largest absolute Gasteiger partial charge is 0.395 e. The van der Waals surface area contributed by atoms with Crippen LogP contribution in [0.15, 0.2) is 0 Å². The molecule has 6 unspecified atom stereocenters. The monoisotopic (exact) mass is 453 g/mol. The molecule has 0 bridgehead atoms. The molecule has 0 aromatic carbocycles. The van der Waals surface area contributed by atoms with E-state index < -0.39 is 0 Å². The lowest BCUT2D eigenvalue weighted by molar-refractivity contribution is -0.140. The number of carbonyl (C=O) groups excluding carboxylic acids is 2. The number of carbonyl (C=O) groups is 2. The summed E-state index contributed by atoms with van der Waals surface area (Å²) in [5.41, 5.74) is 0. The maximum atomic E-state index is 12.5. The van der Waals surface area contributed by atoms with E-state index in [1.54, 1.807) is 0 Å². The third-order valence-electron chi connectivity index (χ3n) is 6.46. The van der Waals surface area contributed by atoms with Crippen molar-refractivity contribution >= 4 is 46.6 Å². The van der Waals surface area contributed by atoms with Gasteiger partial charge in [-0.2, -0.15) is 0 Å². The highest BCUT2D eigenvalue weighted by atomic mass is 35.5. The Balaban J connectivity index is 1.83. The van der Waals surface area contributed by atoms with Gasteiger partial charge >= 0.3 is 0 Å². The zero-order valence-corrected chi connectivity index (χ0v) is 19.4. The first kappa shape index (κ1) is 24.2. The number of β-amino-alcohol motifs (C(OH)–C–C–N with tert-alkyl or cyclic N) is 1. The zero-order chi connectivity index (χ0) is 21.1. The third-order valence-corrected chi connectivity index (χ3v) is 8.10. The highest BCUT2D eigenvalue weighted by Gasteiger charge is 2.51. The fourth-order valence-corrected chi connectivity index (χ4v) is 5.31. The molecular weight excluding hydrogens is 421 g/mol. The van der Waals surface area contributed by atoms with Crippen molar-refractivity contribution in [1.29, 1.82) is 0 Å². The van der Waals surface area contributed by atoms with Gasteiger partial charge in [0, 0.05) is 15.6 Å². The highest BCUT2D eigenvalue weighted by Crippen LogP contribution is 2.44. The van der Waals surface area contributed by atoms with E-state index in [0.717, 1.165) is 32.1 Å². The summed E-state index contributed by atoms with van der Waals surface area (Å²) in [4.78, 5) is 25.9. The van der Waals surface area contributed by atoms with Crippen LogP contribution in [0.25, 0.3) is 0 Å². The minimum absolute atomic E-state index is 0.0881. The Kier molecular flexibility index (Phi) is 8.94. The van der Waals surface area contributed by atoms with Gasteiger partial charge in [-0.25, -0.2) is 0 Å². The molecule has 6 atom stereocenters. The molecule has 2 aliphatic rings. The second-order valence-corrected chi connectivity index (χ2v) is 11.2. The lowest BCUT2D eigenvalue weighted by atomic mass is 9.73. The van der Waals surface area contributed by atoms with E-state index in [9.17, 15) is 9.59 Å². The number of alkyl halides is 3. The number of hydrogen-bond donors (Lipinski definition) is 1. The molecule has 1 saturated carbocycles. The Labute approximate surface area is 184 Å². The molecule has 4 nitrogen and oxygen atoms in total. The van der Waals surface area contributed by atoms with Crippen LogP contribution in [0.2, 0.25) is 0 Å². The van der Waals surface area contributed by atoms with Crippen molar-refractivity contribution in [3.05, 3.63) is 0 Å². The first-order chi connectivity index (χ1) is 13.1. The Hall–Kier alpha value is -0.0300. The van der Waals surface area contributed by atoms with Crippen molar-refractivity contribution in [2.45, 2.75) is 81.3 Å². The second-order valence-electron chi connectivity index (χ2n) is 9.12. The summed E-state index contributed by atoms with van der Waals surface area (Å²) < 4.78 is 0. The standard InChI is InChI=1S/C21H34Cl3NO3/c1-13(2)17(22)6-8-21(3,24)7-4-5-14-11-15-16(12-18(14)23)20(28)25(9-10-26)19(15)27/h13-18,26H,4-12H2,1-3H3. The first-order valence-corrected chi connectivity index (χ1v) is 11.8. The van der Waals surface area contributed by atoms with Gasteiger partial charge in [0.1, 0.15) is 0 Å². The van der Waals surface area contributed by atoms with Gasteiger partial charge in [-0.05, 0) is 57.3 Å². The molecule has 1 heterocycles.